The molecule has 0 spiro atoms. The van der Waals surface area contributed by atoms with Gasteiger partial charge in [0.05, 0.1) is 0 Å². The monoisotopic (exact) mass is 292 g/mol. The Hall–Kier alpha value is -0.330. The molecule has 0 amide bonds. The standard InChI is InChI=1S/C20H36O/c21-20-15-11-7-6-10-14-19(16-17-20)18-12-8-4-2-1-3-5-9-13-18/h18-19H,1-17H2. The first-order valence-electron chi connectivity index (χ1n) is 9.88. The summed E-state index contributed by atoms with van der Waals surface area (Å²) in [5.74, 6) is 2.32. The molecule has 21 heavy (non-hydrogen) atoms. The van der Waals surface area contributed by atoms with E-state index in [0.717, 1.165) is 31.1 Å². The highest BCUT2D eigenvalue weighted by Gasteiger charge is 2.22. The lowest BCUT2D eigenvalue weighted by Gasteiger charge is -2.29. The van der Waals surface area contributed by atoms with Crippen molar-refractivity contribution in [2.75, 3.05) is 0 Å². The van der Waals surface area contributed by atoms with Crippen molar-refractivity contribution < 1.29 is 4.79 Å². The van der Waals surface area contributed by atoms with Crippen LogP contribution in [0.25, 0.3) is 0 Å². The van der Waals surface area contributed by atoms with Crippen LogP contribution in [0.15, 0.2) is 0 Å². The number of rotatable bonds is 1. The Morgan fingerprint density at radius 2 is 0.905 bits per heavy atom. The van der Waals surface area contributed by atoms with Gasteiger partial charge in [-0.1, -0.05) is 83.5 Å². The van der Waals surface area contributed by atoms with Crippen LogP contribution in [-0.2, 0) is 4.79 Å². The summed E-state index contributed by atoms with van der Waals surface area (Å²) in [5, 5.41) is 0. The summed E-state index contributed by atoms with van der Waals surface area (Å²) in [5.41, 5.74) is 0. The predicted molar refractivity (Wildman–Crippen MR) is 90.5 cm³/mol. The Balaban J connectivity index is 1.87. The summed E-state index contributed by atoms with van der Waals surface area (Å²) in [4.78, 5) is 12.0. The molecule has 2 aliphatic rings. The van der Waals surface area contributed by atoms with Crippen molar-refractivity contribution in [1.82, 2.24) is 0 Å². The Kier molecular flexibility index (Phi) is 8.44. The SMILES string of the molecule is O=C1CCCCCCC(C2CCCCCCCCC2)CC1. The molecule has 2 rings (SSSR count). The van der Waals surface area contributed by atoms with Gasteiger partial charge in [0.1, 0.15) is 5.78 Å². The zero-order chi connectivity index (χ0) is 14.8. The zero-order valence-electron chi connectivity index (χ0n) is 14.1. The van der Waals surface area contributed by atoms with Crippen LogP contribution in [-0.4, -0.2) is 5.78 Å². The smallest absolute Gasteiger partial charge is 0.132 e. The van der Waals surface area contributed by atoms with Gasteiger partial charge in [0.15, 0.2) is 0 Å². The van der Waals surface area contributed by atoms with Crippen molar-refractivity contribution in [1.29, 1.82) is 0 Å². The molecule has 0 aliphatic heterocycles. The molecule has 0 N–H and O–H groups in total. The van der Waals surface area contributed by atoms with Crippen LogP contribution < -0.4 is 0 Å². The summed E-state index contributed by atoms with van der Waals surface area (Å²) in [6.07, 6.45) is 22.6. The topological polar surface area (TPSA) is 17.1 Å². The molecule has 1 nitrogen and oxygen atoms in total. The van der Waals surface area contributed by atoms with Gasteiger partial charge >= 0.3 is 0 Å². The lowest BCUT2D eigenvalue weighted by molar-refractivity contribution is -0.119. The molecule has 1 atom stereocenters. The van der Waals surface area contributed by atoms with Gasteiger partial charge in [0, 0.05) is 12.8 Å². The minimum absolute atomic E-state index is 0.543. The Morgan fingerprint density at radius 1 is 0.476 bits per heavy atom. The van der Waals surface area contributed by atoms with E-state index < -0.39 is 0 Å². The summed E-state index contributed by atoms with van der Waals surface area (Å²) in [7, 11) is 0. The molecule has 0 aromatic carbocycles. The first-order chi connectivity index (χ1) is 10.4. The molecule has 1 unspecified atom stereocenters. The van der Waals surface area contributed by atoms with E-state index in [1.807, 2.05) is 0 Å². The minimum Gasteiger partial charge on any atom is -0.300 e. The summed E-state index contributed by atoms with van der Waals surface area (Å²) in [6, 6.07) is 0. The van der Waals surface area contributed by atoms with Gasteiger partial charge in [-0.3, -0.25) is 4.79 Å². The lowest BCUT2D eigenvalue weighted by Crippen LogP contribution is -2.18. The molecule has 122 valence electrons. The lowest BCUT2D eigenvalue weighted by atomic mass is 9.77. The van der Waals surface area contributed by atoms with Gasteiger partial charge in [-0.2, -0.15) is 0 Å². The van der Waals surface area contributed by atoms with Crippen LogP contribution in [0.1, 0.15) is 109 Å². The van der Waals surface area contributed by atoms with Crippen LogP contribution >= 0.6 is 0 Å². The van der Waals surface area contributed by atoms with Gasteiger partial charge in [-0.05, 0) is 24.7 Å². The van der Waals surface area contributed by atoms with Crippen LogP contribution in [0.4, 0.5) is 0 Å². The highest BCUT2D eigenvalue weighted by molar-refractivity contribution is 5.78. The van der Waals surface area contributed by atoms with Gasteiger partial charge in [0.2, 0.25) is 0 Å². The molecule has 0 bridgehead atoms. The molecule has 0 heterocycles. The quantitative estimate of drug-likeness (QED) is 0.543. The summed E-state index contributed by atoms with van der Waals surface area (Å²) < 4.78 is 0. The average Bonchev–Trinajstić information content (AvgIpc) is 2.51. The second kappa shape index (κ2) is 10.4. The fourth-order valence-electron chi connectivity index (χ4n) is 4.48. The Morgan fingerprint density at radius 3 is 1.48 bits per heavy atom. The number of Topliss-reactive ketones (excluding diaryl/α,β-unsaturated/α-hetero) is 1. The van der Waals surface area contributed by atoms with Gasteiger partial charge in [-0.15, -0.1) is 0 Å². The van der Waals surface area contributed by atoms with Gasteiger partial charge in [-0.25, -0.2) is 0 Å². The fraction of sp³-hybridized carbons (Fsp3) is 0.950. The average molecular weight is 293 g/mol. The highest BCUT2D eigenvalue weighted by atomic mass is 16.1. The summed E-state index contributed by atoms with van der Waals surface area (Å²) >= 11 is 0. The van der Waals surface area contributed by atoms with E-state index in [2.05, 4.69) is 0 Å². The minimum atomic E-state index is 0.543. The molecule has 0 aromatic heterocycles. The third-order valence-electron chi connectivity index (χ3n) is 5.89. The van der Waals surface area contributed by atoms with Crippen LogP contribution in [0, 0.1) is 11.8 Å². The van der Waals surface area contributed by atoms with E-state index in [0.29, 0.717) is 5.78 Å². The second-order valence-corrected chi connectivity index (χ2v) is 7.60. The van der Waals surface area contributed by atoms with E-state index in [9.17, 15) is 4.79 Å². The van der Waals surface area contributed by atoms with Crippen molar-refractivity contribution in [3.05, 3.63) is 0 Å². The molecule has 2 saturated carbocycles. The van der Waals surface area contributed by atoms with E-state index in [-0.39, 0.29) is 0 Å². The van der Waals surface area contributed by atoms with E-state index in [4.69, 9.17) is 0 Å². The predicted octanol–water partition coefficient (Wildman–Crippen LogP) is 6.45. The second-order valence-electron chi connectivity index (χ2n) is 7.60. The maximum atomic E-state index is 12.0. The van der Waals surface area contributed by atoms with E-state index in [1.54, 1.807) is 0 Å². The van der Waals surface area contributed by atoms with Crippen LogP contribution in [0.3, 0.4) is 0 Å². The number of hydrogen-bond acceptors (Lipinski definition) is 1. The van der Waals surface area contributed by atoms with Crippen LogP contribution in [0.5, 0.6) is 0 Å². The molecular formula is C20H36O. The van der Waals surface area contributed by atoms with Crippen molar-refractivity contribution in [2.24, 2.45) is 11.8 Å². The molecule has 1 heteroatoms. The largest absolute Gasteiger partial charge is 0.300 e. The van der Waals surface area contributed by atoms with E-state index >= 15 is 0 Å². The first-order valence-corrected chi connectivity index (χ1v) is 9.88. The summed E-state index contributed by atoms with van der Waals surface area (Å²) in [6.45, 7) is 0. The number of carbonyl (C=O) groups is 1. The number of hydrogen-bond donors (Lipinski definition) is 0. The Bertz CT molecular complexity index is 274. The Labute approximate surface area is 132 Å². The normalized spacial score (nSPS) is 29.0. The molecule has 0 saturated heterocycles. The third kappa shape index (κ3) is 6.98. The van der Waals surface area contributed by atoms with Crippen molar-refractivity contribution in [3.8, 4) is 0 Å². The molecule has 0 aromatic rings. The molecule has 0 radical (unpaired) electrons. The van der Waals surface area contributed by atoms with Crippen molar-refractivity contribution in [2.45, 2.75) is 109 Å². The van der Waals surface area contributed by atoms with Crippen LogP contribution in [0.2, 0.25) is 0 Å². The zero-order valence-corrected chi connectivity index (χ0v) is 14.1. The maximum Gasteiger partial charge on any atom is 0.132 e. The first kappa shape index (κ1) is 17.0. The molecule has 2 fully saturated rings. The number of ketones is 1. The fourth-order valence-corrected chi connectivity index (χ4v) is 4.48. The highest BCUT2D eigenvalue weighted by Crippen LogP contribution is 2.34. The van der Waals surface area contributed by atoms with Gasteiger partial charge < -0.3 is 0 Å². The third-order valence-corrected chi connectivity index (χ3v) is 5.89. The van der Waals surface area contributed by atoms with E-state index in [1.165, 1.54) is 89.9 Å². The number of carbonyl (C=O) groups excluding carboxylic acids is 1. The maximum absolute atomic E-state index is 12.0. The van der Waals surface area contributed by atoms with Gasteiger partial charge in [0.25, 0.3) is 0 Å². The van der Waals surface area contributed by atoms with Crippen molar-refractivity contribution in [3.63, 3.8) is 0 Å². The van der Waals surface area contributed by atoms with Crippen molar-refractivity contribution >= 4 is 5.78 Å². The molecular weight excluding hydrogens is 256 g/mol. The molecule has 2 aliphatic carbocycles.